The Labute approximate surface area is 139 Å². The summed E-state index contributed by atoms with van der Waals surface area (Å²) >= 11 is 5.43. The second-order valence-corrected chi connectivity index (χ2v) is 6.57. The van der Waals surface area contributed by atoms with Gasteiger partial charge in [0.25, 0.3) is 5.56 Å². The first-order valence-electron chi connectivity index (χ1n) is 7.90. The Morgan fingerprint density at radius 2 is 2.09 bits per heavy atom. The molecular weight excluding hydrogens is 312 g/mol. The number of methoxy groups -OCH3 is 1. The summed E-state index contributed by atoms with van der Waals surface area (Å²) in [5.41, 5.74) is 0.885. The quantitative estimate of drug-likeness (QED) is 0.674. The van der Waals surface area contributed by atoms with Crippen molar-refractivity contribution in [2.45, 2.75) is 38.6 Å². The molecule has 1 fully saturated rings. The lowest BCUT2D eigenvalue weighted by atomic mass is 9.86. The van der Waals surface area contributed by atoms with Gasteiger partial charge in [-0.15, -0.1) is 0 Å². The van der Waals surface area contributed by atoms with E-state index in [0.717, 1.165) is 19.3 Å². The van der Waals surface area contributed by atoms with Crippen LogP contribution in [0.4, 0.5) is 0 Å². The van der Waals surface area contributed by atoms with Gasteiger partial charge in [0.05, 0.1) is 23.6 Å². The number of benzene rings is 1. The topological polar surface area (TPSA) is 64.1 Å². The monoisotopic (exact) mass is 332 g/mol. The number of aromatic nitrogens is 2. The highest BCUT2D eigenvalue weighted by Crippen LogP contribution is 2.33. The van der Waals surface area contributed by atoms with Crippen LogP contribution in [0.25, 0.3) is 10.9 Å². The Balaban J connectivity index is 2.17. The second kappa shape index (κ2) is 6.28. The van der Waals surface area contributed by atoms with Crippen LogP contribution in [0.1, 0.15) is 49.0 Å². The lowest BCUT2D eigenvalue weighted by molar-refractivity contribution is 0.0601. The van der Waals surface area contributed by atoms with E-state index in [1.807, 2.05) is 0 Å². The minimum Gasteiger partial charge on any atom is -0.465 e. The van der Waals surface area contributed by atoms with Gasteiger partial charge in [0.1, 0.15) is 0 Å². The van der Waals surface area contributed by atoms with Crippen LogP contribution in [0.15, 0.2) is 23.0 Å². The third-order valence-corrected chi connectivity index (χ3v) is 5.05. The van der Waals surface area contributed by atoms with Crippen molar-refractivity contribution in [2.24, 2.45) is 5.92 Å². The average Bonchev–Trinajstić information content (AvgIpc) is 2.55. The van der Waals surface area contributed by atoms with E-state index >= 15 is 0 Å². The number of hydrogen-bond acceptors (Lipinski definition) is 4. The maximum atomic E-state index is 12.9. The molecule has 1 saturated carbocycles. The number of rotatable bonds is 2. The Morgan fingerprint density at radius 1 is 1.35 bits per heavy atom. The van der Waals surface area contributed by atoms with Crippen LogP contribution in [-0.2, 0) is 4.74 Å². The number of ether oxygens (including phenoxy) is 1. The summed E-state index contributed by atoms with van der Waals surface area (Å²) in [4.78, 5) is 27.7. The van der Waals surface area contributed by atoms with Crippen molar-refractivity contribution in [3.63, 3.8) is 0 Å². The zero-order valence-electron chi connectivity index (χ0n) is 13.3. The Hall–Kier alpha value is -1.95. The summed E-state index contributed by atoms with van der Waals surface area (Å²) in [6.45, 7) is 2.18. The van der Waals surface area contributed by atoms with Crippen LogP contribution in [-0.4, -0.2) is 22.6 Å². The van der Waals surface area contributed by atoms with Crippen molar-refractivity contribution < 1.29 is 9.53 Å². The normalized spacial score (nSPS) is 21.3. The maximum Gasteiger partial charge on any atom is 0.337 e. The molecule has 0 bridgehead atoms. The Bertz CT molecular complexity index is 868. The molecule has 1 aliphatic rings. The number of hydrogen-bond donors (Lipinski definition) is 1. The minimum absolute atomic E-state index is 0.0843. The van der Waals surface area contributed by atoms with Gasteiger partial charge in [-0.05, 0) is 49.2 Å². The Kier molecular flexibility index (Phi) is 4.35. The number of H-pyrrole nitrogens is 1. The molecule has 1 heterocycles. The van der Waals surface area contributed by atoms with E-state index in [2.05, 4.69) is 11.9 Å². The molecule has 122 valence electrons. The number of aromatic amines is 1. The van der Waals surface area contributed by atoms with Gasteiger partial charge in [-0.2, -0.15) is 0 Å². The number of esters is 1. The standard InChI is InChI=1S/C17H20N2O3S/c1-10-5-3-4-6-14(10)19-15(20)12-8-7-11(16(21)22-2)9-13(12)18-17(19)23/h7-10,14H,3-6H2,1-2H3,(H,18,23)/t10-,14-/m1/s1. The van der Waals surface area contributed by atoms with Crippen molar-refractivity contribution >= 4 is 29.1 Å². The van der Waals surface area contributed by atoms with Crippen molar-refractivity contribution in [1.82, 2.24) is 9.55 Å². The summed E-state index contributed by atoms with van der Waals surface area (Å²) in [6, 6.07) is 5.04. The van der Waals surface area contributed by atoms with Gasteiger partial charge in [0.15, 0.2) is 4.77 Å². The highest BCUT2D eigenvalue weighted by atomic mass is 32.1. The van der Waals surface area contributed by atoms with Gasteiger partial charge < -0.3 is 9.72 Å². The molecule has 0 unspecified atom stereocenters. The molecule has 1 aromatic heterocycles. The number of nitrogens with one attached hydrogen (secondary N) is 1. The lowest BCUT2D eigenvalue weighted by Gasteiger charge is -2.30. The molecular formula is C17H20N2O3S. The first-order chi connectivity index (χ1) is 11.0. The summed E-state index contributed by atoms with van der Waals surface area (Å²) in [5, 5.41) is 0.545. The fourth-order valence-electron chi connectivity index (χ4n) is 3.46. The van der Waals surface area contributed by atoms with Crippen molar-refractivity contribution in [3.8, 4) is 0 Å². The Morgan fingerprint density at radius 3 is 2.78 bits per heavy atom. The number of carbonyl (C=O) groups is 1. The predicted molar refractivity (Wildman–Crippen MR) is 91.4 cm³/mol. The molecule has 1 aromatic carbocycles. The summed E-state index contributed by atoms with van der Waals surface area (Å²) < 4.78 is 6.86. The molecule has 0 amide bonds. The first kappa shape index (κ1) is 15.9. The van der Waals surface area contributed by atoms with E-state index in [-0.39, 0.29) is 11.6 Å². The number of fused-ring (bicyclic) bond motifs is 1. The molecule has 23 heavy (non-hydrogen) atoms. The molecule has 3 rings (SSSR count). The fraction of sp³-hybridized carbons (Fsp3) is 0.471. The van der Waals surface area contributed by atoms with Crippen LogP contribution in [0.3, 0.4) is 0 Å². The summed E-state index contributed by atoms with van der Waals surface area (Å²) in [7, 11) is 1.33. The van der Waals surface area contributed by atoms with Crippen LogP contribution < -0.4 is 5.56 Å². The van der Waals surface area contributed by atoms with Crippen LogP contribution in [0, 0.1) is 10.7 Å². The molecule has 1 N–H and O–H groups in total. The largest absolute Gasteiger partial charge is 0.465 e. The van der Waals surface area contributed by atoms with E-state index < -0.39 is 5.97 Å². The molecule has 2 aromatic rings. The van der Waals surface area contributed by atoms with E-state index in [1.54, 1.807) is 22.8 Å². The van der Waals surface area contributed by atoms with E-state index in [1.165, 1.54) is 13.5 Å². The van der Waals surface area contributed by atoms with Crippen molar-refractivity contribution in [3.05, 3.63) is 38.9 Å². The molecule has 5 nitrogen and oxygen atoms in total. The smallest absolute Gasteiger partial charge is 0.337 e. The zero-order valence-corrected chi connectivity index (χ0v) is 14.1. The maximum absolute atomic E-state index is 12.9. The van der Waals surface area contributed by atoms with Gasteiger partial charge in [-0.3, -0.25) is 9.36 Å². The highest BCUT2D eigenvalue weighted by molar-refractivity contribution is 7.71. The van der Waals surface area contributed by atoms with Gasteiger partial charge in [0, 0.05) is 6.04 Å². The zero-order chi connectivity index (χ0) is 16.6. The van der Waals surface area contributed by atoms with Crippen molar-refractivity contribution in [2.75, 3.05) is 7.11 Å². The molecule has 0 spiro atoms. The van der Waals surface area contributed by atoms with Crippen LogP contribution >= 0.6 is 12.2 Å². The predicted octanol–water partition coefficient (Wildman–Crippen LogP) is 3.60. The second-order valence-electron chi connectivity index (χ2n) is 6.19. The summed E-state index contributed by atoms with van der Waals surface area (Å²) in [5.74, 6) is -0.000331. The first-order valence-corrected chi connectivity index (χ1v) is 8.30. The number of carbonyl (C=O) groups excluding carboxylic acids is 1. The summed E-state index contributed by atoms with van der Waals surface area (Å²) in [6.07, 6.45) is 4.42. The van der Waals surface area contributed by atoms with Gasteiger partial charge >= 0.3 is 5.97 Å². The third kappa shape index (κ3) is 2.83. The van der Waals surface area contributed by atoms with E-state index in [0.29, 0.717) is 27.2 Å². The van der Waals surface area contributed by atoms with E-state index in [9.17, 15) is 9.59 Å². The van der Waals surface area contributed by atoms with E-state index in [4.69, 9.17) is 17.0 Å². The minimum atomic E-state index is -0.434. The molecule has 2 atom stereocenters. The molecule has 1 aliphatic carbocycles. The average molecular weight is 332 g/mol. The van der Waals surface area contributed by atoms with Crippen LogP contribution in [0.5, 0.6) is 0 Å². The van der Waals surface area contributed by atoms with Crippen LogP contribution in [0.2, 0.25) is 0 Å². The SMILES string of the molecule is COC(=O)c1ccc2c(=O)n([C@@H]3CCCC[C@H]3C)c(=S)[nH]c2c1. The van der Waals surface area contributed by atoms with Gasteiger partial charge in [-0.25, -0.2) is 4.79 Å². The third-order valence-electron chi connectivity index (χ3n) is 4.75. The molecule has 0 radical (unpaired) electrons. The number of nitrogens with zero attached hydrogens (tertiary/aromatic N) is 1. The molecule has 6 heteroatoms. The highest BCUT2D eigenvalue weighted by Gasteiger charge is 2.25. The van der Waals surface area contributed by atoms with Gasteiger partial charge in [-0.1, -0.05) is 19.8 Å². The van der Waals surface area contributed by atoms with Crippen molar-refractivity contribution in [1.29, 1.82) is 0 Å². The molecule has 0 aliphatic heterocycles. The van der Waals surface area contributed by atoms with Gasteiger partial charge in [0.2, 0.25) is 0 Å². The molecule has 0 saturated heterocycles. The fourth-order valence-corrected chi connectivity index (χ4v) is 3.79. The lowest BCUT2D eigenvalue weighted by Crippen LogP contribution is -2.32.